The van der Waals surface area contributed by atoms with E-state index in [1.807, 2.05) is 0 Å². The van der Waals surface area contributed by atoms with Gasteiger partial charge in [-0.2, -0.15) is 0 Å². The molecule has 1 aromatic carbocycles. The van der Waals surface area contributed by atoms with Crippen molar-refractivity contribution in [3.63, 3.8) is 0 Å². The third-order valence-electron chi connectivity index (χ3n) is 4.20. The molecule has 1 saturated carbocycles. The summed E-state index contributed by atoms with van der Waals surface area (Å²) < 4.78 is 0. The van der Waals surface area contributed by atoms with Crippen molar-refractivity contribution in [3.8, 4) is 0 Å². The molecule has 100 valence electrons. The van der Waals surface area contributed by atoms with E-state index in [1.165, 1.54) is 50.5 Å². The highest BCUT2D eigenvalue weighted by Gasteiger charge is 2.22. The average molecular weight is 245 g/mol. The van der Waals surface area contributed by atoms with Crippen LogP contribution in [0.1, 0.15) is 63.5 Å². The molecule has 2 rings (SSSR count). The maximum atomic E-state index is 3.72. The topological polar surface area (TPSA) is 12.0 Å². The molecule has 0 bridgehead atoms. The zero-order chi connectivity index (χ0) is 12.6. The van der Waals surface area contributed by atoms with Gasteiger partial charge >= 0.3 is 0 Å². The largest absolute Gasteiger partial charge is 0.310 e. The first-order valence-corrected chi connectivity index (χ1v) is 7.70. The molecule has 1 N–H and O–H groups in total. The van der Waals surface area contributed by atoms with Gasteiger partial charge in [0.1, 0.15) is 0 Å². The van der Waals surface area contributed by atoms with Crippen molar-refractivity contribution >= 4 is 0 Å². The third kappa shape index (κ3) is 3.84. The highest BCUT2D eigenvalue weighted by atomic mass is 14.9. The van der Waals surface area contributed by atoms with Crippen LogP contribution in [-0.4, -0.2) is 6.54 Å². The molecule has 1 aromatic rings. The van der Waals surface area contributed by atoms with Gasteiger partial charge in [0.25, 0.3) is 0 Å². The third-order valence-corrected chi connectivity index (χ3v) is 4.20. The average Bonchev–Trinajstić information content (AvgIpc) is 2.38. The van der Waals surface area contributed by atoms with E-state index in [4.69, 9.17) is 0 Å². The Morgan fingerprint density at radius 3 is 2.22 bits per heavy atom. The van der Waals surface area contributed by atoms with Crippen molar-refractivity contribution in [1.29, 1.82) is 0 Å². The lowest BCUT2D eigenvalue weighted by Crippen LogP contribution is -2.28. The predicted molar refractivity (Wildman–Crippen MR) is 78.7 cm³/mol. The molecule has 1 nitrogen and oxygen atoms in total. The lowest BCUT2D eigenvalue weighted by atomic mass is 9.83. The summed E-state index contributed by atoms with van der Waals surface area (Å²) in [4.78, 5) is 0. The van der Waals surface area contributed by atoms with Gasteiger partial charge < -0.3 is 5.32 Å². The van der Waals surface area contributed by atoms with Crippen molar-refractivity contribution in [2.75, 3.05) is 6.54 Å². The molecule has 0 amide bonds. The SMILES string of the molecule is CCNC(c1ccccc1)C1CCCCCCC1. The Balaban J connectivity index is 2.07. The number of nitrogens with one attached hydrogen (secondary N) is 1. The van der Waals surface area contributed by atoms with Gasteiger partial charge in [0, 0.05) is 6.04 Å². The molecule has 18 heavy (non-hydrogen) atoms. The highest BCUT2D eigenvalue weighted by molar-refractivity contribution is 5.19. The highest BCUT2D eigenvalue weighted by Crippen LogP contribution is 2.32. The molecule has 1 aliphatic rings. The van der Waals surface area contributed by atoms with Gasteiger partial charge in [-0.3, -0.25) is 0 Å². The van der Waals surface area contributed by atoms with Crippen LogP contribution in [-0.2, 0) is 0 Å². The second-order valence-electron chi connectivity index (χ2n) is 5.55. The van der Waals surface area contributed by atoms with Gasteiger partial charge in [0.15, 0.2) is 0 Å². The monoisotopic (exact) mass is 245 g/mol. The van der Waals surface area contributed by atoms with Gasteiger partial charge in [0.2, 0.25) is 0 Å². The predicted octanol–water partition coefficient (Wildman–Crippen LogP) is 4.70. The van der Waals surface area contributed by atoms with Crippen LogP contribution in [0.4, 0.5) is 0 Å². The first-order chi connectivity index (χ1) is 8.92. The Morgan fingerprint density at radius 1 is 1.00 bits per heavy atom. The lowest BCUT2D eigenvalue weighted by molar-refractivity contribution is 0.291. The second-order valence-corrected chi connectivity index (χ2v) is 5.55. The van der Waals surface area contributed by atoms with Crippen LogP contribution in [0.5, 0.6) is 0 Å². The minimum absolute atomic E-state index is 0.564. The van der Waals surface area contributed by atoms with Crippen LogP contribution in [0, 0.1) is 5.92 Å². The normalized spacial score (nSPS) is 20.1. The molecule has 1 aliphatic carbocycles. The Hall–Kier alpha value is -0.820. The van der Waals surface area contributed by atoms with Crippen LogP contribution < -0.4 is 5.32 Å². The number of hydrogen-bond acceptors (Lipinski definition) is 1. The van der Waals surface area contributed by atoms with Crippen molar-refractivity contribution in [1.82, 2.24) is 5.32 Å². The molecule has 1 fully saturated rings. The van der Waals surface area contributed by atoms with E-state index in [9.17, 15) is 0 Å². The fraction of sp³-hybridized carbons (Fsp3) is 0.647. The van der Waals surface area contributed by atoms with E-state index in [-0.39, 0.29) is 0 Å². The Labute approximate surface area is 112 Å². The standard InChI is InChI=1S/C17H27N/c1-2-18-17(16-13-9-6-10-14-16)15-11-7-4-3-5-8-12-15/h6,9-10,13-15,17-18H,2-5,7-8,11-12H2,1H3. The van der Waals surface area contributed by atoms with E-state index < -0.39 is 0 Å². The molecular weight excluding hydrogens is 218 g/mol. The molecule has 1 atom stereocenters. The number of benzene rings is 1. The van der Waals surface area contributed by atoms with Crippen molar-refractivity contribution in [2.24, 2.45) is 5.92 Å². The summed E-state index contributed by atoms with van der Waals surface area (Å²) in [5.74, 6) is 0.827. The fourth-order valence-electron chi connectivity index (χ4n) is 3.26. The Bertz CT molecular complexity index is 312. The molecule has 0 spiro atoms. The van der Waals surface area contributed by atoms with Crippen molar-refractivity contribution in [3.05, 3.63) is 35.9 Å². The minimum atomic E-state index is 0.564. The zero-order valence-electron chi connectivity index (χ0n) is 11.7. The molecule has 0 aromatic heterocycles. The number of hydrogen-bond donors (Lipinski definition) is 1. The van der Waals surface area contributed by atoms with Crippen LogP contribution in [0.25, 0.3) is 0 Å². The van der Waals surface area contributed by atoms with Crippen molar-refractivity contribution in [2.45, 2.75) is 57.9 Å². The maximum absolute atomic E-state index is 3.72. The summed E-state index contributed by atoms with van der Waals surface area (Å²) in [7, 11) is 0. The Kier molecular flexibility index (Phi) is 5.73. The maximum Gasteiger partial charge on any atom is 0.0348 e. The van der Waals surface area contributed by atoms with Crippen LogP contribution >= 0.6 is 0 Å². The molecule has 0 aliphatic heterocycles. The molecule has 0 radical (unpaired) electrons. The molecule has 0 heterocycles. The summed E-state index contributed by atoms with van der Waals surface area (Å²) in [5, 5.41) is 3.72. The number of rotatable bonds is 4. The first-order valence-electron chi connectivity index (χ1n) is 7.70. The molecule has 1 unspecified atom stereocenters. The first kappa shape index (κ1) is 13.6. The quantitative estimate of drug-likeness (QED) is 0.811. The summed E-state index contributed by atoms with van der Waals surface area (Å²) in [6.07, 6.45) is 9.94. The summed E-state index contributed by atoms with van der Waals surface area (Å²) in [5.41, 5.74) is 1.48. The van der Waals surface area contributed by atoms with Crippen LogP contribution in [0.2, 0.25) is 0 Å². The smallest absolute Gasteiger partial charge is 0.0348 e. The van der Waals surface area contributed by atoms with E-state index >= 15 is 0 Å². The molecule has 1 heteroatoms. The van der Waals surface area contributed by atoms with Gasteiger partial charge in [-0.1, -0.05) is 69.4 Å². The fourth-order valence-corrected chi connectivity index (χ4v) is 3.26. The van der Waals surface area contributed by atoms with Gasteiger partial charge in [-0.15, -0.1) is 0 Å². The van der Waals surface area contributed by atoms with E-state index in [1.54, 1.807) is 0 Å². The van der Waals surface area contributed by atoms with E-state index in [2.05, 4.69) is 42.6 Å². The minimum Gasteiger partial charge on any atom is -0.310 e. The van der Waals surface area contributed by atoms with Gasteiger partial charge in [0.05, 0.1) is 0 Å². The van der Waals surface area contributed by atoms with Crippen LogP contribution in [0.15, 0.2) is 30.3 Å². The molecule has 0 saturated heterocycles. The van der Waals surface area contributed by atoms with Gasteiger partial charge in [-0.05, 0) is 30.9 Å². The van der Waals surface area contributed by atoms with E-state index in [0.717, 1.165) is 12.5 Å². The van der Waals surface area contributed by atoms with Crippen molar-refractivity contribution < 1.29 is 0 Å². The lowest BCUT2D eigenvalue weighted by Gasteiger charge is -2.30. The summed E-state index contributed by atoms with van der Waals surface area (Å²) >= 11 is 0. The Morgan fingerprint density at radius 2 is 1.61 bits per heavy atom. The second kappa shape index (κ2) is 7.58. The molecular formula is C17H27N. The van der Waals surface area contributed by atoms with Crippen LogP contribution in [0.3, 0.4) is 0 Å². The summed E-state index contributed by atoms with van der Waals surface area (Å²) in [6, 6.07) is 11.6. The zero-order valence-corrected chi connectivity index (χ0v) is 11.7. The summed E-state index contributed by atoms with van der Waals surface area (Å²) in [6.45, 7) is 3.29. The van der Waals surface area contributed by atoms with E-state index in [0.29, 0.717) is 6.04 Å². The van der Waals surface area contributed by atoms with Gasteiger partial charge in [-0.25, -0.2) is 0 Å².